The molecule has 158 valence electrons. The standard InChI is InChI=1S/C24H22N2O5/c1-2-8-21(23(28)29)26-22(27)13-7-14-25-24(30)31-15-20-18-11-5-3-9-16(18)17-10-4-6-12-19(17)20/h1,3-7,9-13,20-21H,8,14-15H2,(H,25,30)(H,26,27)(H,28,29)/b13-7+. The number of ether oxygens (including phenoxy) is 1. The molecule has 0 saturated carbocycles. The Labute approximate surface area is 180 Å². The van der Waals surface area contributed by atoms with E-state index < -0.39 is 24.0 Å². The summed E-state index contributed by atoms with van der Waals surface area (Å²) in [5.74, 6) is 0.329. The molecule has 0 heterocycles. The van der Waals surface area contributed by atoms with E-state index in [9.17, 15) is 14.4 Å². The monoisotopic (exact) mass is 418 g/mol. The third kappa shape index (κ3) is 5.31. The highest BCUT2D eigenvalue weighted by atomic mass is 16.5. The van der Waals surface area contributed by atoms with Crippen LogP contribution in [0.3, 0.4) is 0 Å². The fraction of sp³-hybridized carbons (Fsp3) is 0.208. The topological polar surface area (TPSA) is 105 Å². The molecule has 3 N–H and O–H groups in total. The van der Waals surface area contributed by atoms with Gasteiger partial charge in [-0.1, -0.05) is 54.6 Å². The number of fused-ring (bicyclic) bond motifs is 3. The smallest absolute Gasteiger partial charge is 0.407 e. The van der Waals surface area contributed by atoms with Gasteiger partial charge in [-0.2, -0.15) is 0 Å². The Morgan fingerprint density at radius 3 is 2.29 bits per heavy atom. The number of nitrogens with one attached hydrogen (secondary N) is 2. The van der Waals surface area contributed by atoms with Crippen LogP contribution < -0.4 is 10.6 Å². The Kier molecular flexibility index (Phi) is 7.07. The van der Waals surface area contributed by atoms with E-state index in [0.717, 1.165) is 28.3 Å². The van der Waals surface area contributed by atoms with Crippen molar-refractivity contribution in [1.82, 2.24) is 10.6 Å². The quantitative estimate of drug-likeness (QED) is 0.452. The molecule has 0 fully saturated rings. The lowest BCUT2D eigenvalue weighted by Gasteiger charge is -2.14. The molecule has 0 saturated heterocycles. The van der Waals surface area contributed by atoms with Crippen LogP contribution in [0, 0.1) is 12.3 Å². The number of carbonyl (C=O) groups excluding carboxylic acids is 2. The first-order chi connectivity index (χ1) is 15.0. The lowest BCUT2D eigenvalue weighted by Crippen LogP contribution is -2.39. The summed E-state index contributed by atoms with van der Waals surface area (Å²) >= 11 is 0. The van der Waals surface area contributed by atoms with Crippen LogP contribution in [0.5, 0.6) is 0 Å². The molecule has 2 aromatic rings. The SMILES string of the molecule is C#CCC(NC(=O)/C=C/CNC(=O)OCC1c2ccccc2-c2ccccc21)C(=O)O. The molecule has 0 aliphatic heterocycles. The Bertz CT molecular complexity index is 1010. The molecular weight excluding hydrogens is 396 g/mol. The van der Waals surface area contributed by atoms with E-state index >= 15 is 0 Å². The fourth-order valence-electron chi connectivity index (χ4n) is 3.50. The number of alkyl carbamates (subject to hydrolysis) is 1. The largest absolute Gasteiger partial charge is 0.480 e. The predicted octanol–water partition coefficient (Wildman–Crippen LogP) is 2.67. The first-order valence-corrected chi connectivity index (χ1v) is 9.73. The molecule has 7 heteroatoms. The van der Waals surface area contributed by atoms with Gasteiger partial charge in [0.25, 0.3) is 0 Å². The molecular formula is C24H22N2O5. The summed E-state index contributed by atoms with van der Waals surface area (Å²) in [6, 6.07) is 14.9. The van der Waals surface area contributed by atoms with Gasteiger partial charge < -0.3 is 20.5 Å². The highest BCUT2D eigenvalue weighted by Gasteiger charge is 2.28. The van der Waals surface area contributed by atoms with Crippen LogP contribution in [0.25, 0.3) is 11.1 Å². The molecule has 0 spiro atoms. The van der Waals surface area contributed by atoms with E-state index in [1.54, 1.807) is 0 Å². The van der Waals surface area contributed by atoms with Gasteiger partial charge in [0.05, 0.1) is 0 Å². The van der Waals surface area contributed by atoms with Crippen LogP contribution in [-0.2, 0) is 14.3 Å². The van der Waals surface area contributed by atoms with Crippen LogP contribution in [0.15, 0.2) is 60.7 Å². The maximum atomic E-state index is 12.1. The van der Waals surface area contributed by atoms with Gasteiger partial charge in [-0.15, -0.1) is 12.3 Å². The first-order valence-electron chi connectivity index (χ1n) is 9.73. The number of terminal acetylenes is 1. The molecule has 31 heavy (non-hydrogen) atoms. The third-order valence-corrected chi connectivity index (χ3v) is 4.91. The molecule has 0 bridgehead atoms. The van der Waals surface area contributed by atoms with Crippen molar-refractivity contribution in [3.63, 3.8) is 0 Å². The summed E-state index contributed by atoms with van der Waals surface area (Å²) in [5, 5.41) is 13.8. The number of benzene rings is 2. The van der Waals surface area contributed by atoms with Gasteiger partial charge in [-0.3, -0.25) is 4.79 Å². The van der Waals surface area contributed by atoms with Crippen LogP contribution in [0.1, 0.15) is 23.5 Å². The lowest BCUT2D eigenvalue weighted by atomic mass is 9.98. The minimum Gasteiger partial charge on any atom is -0.480 e. The highest BCUT2D eigenvalue weighted by molar-refractivity contribution is 5.91. The van der Waals surface area contributed by atoms with Gasteiger partial charge in [0.1, 0.15) is 12.6 Å². The van der Waals surface area contributed by atoms with Crippen molar-refractivity contribution >= 4 is 18.0 Å². The van der Waals surface area contributed by atoms with E-state index in [-0.39, 0.29) is 25.5 Å². The Morgan fingerprint density at radius 2 is 1.71 bits per heavy atom. The average molecular weight is 418 g/mol. The molecule has 2 aromatic carbocycles. The third-order valence-electron chi connectivity index (χ3n) is 4.91. The van der Waals surface area contributed by atoms with E-state index in [0.29, 0.717) is 0 Å². The predicted molar refractivity (Wildman–Crippen MR) is 115 cm³/mol. The van der Waals surface area contributed by atoms with E-state index in [1.807, 2.05) is 36.4 Å². The van der Waals surface area contributed by atoms with Crippen LogP contribution in [0.2, 0.25) is 0 Å². The maximum absolute atomic E-state index is 12.1. The Hall–Kier alpha value is -4.05. The molecule has 1 aliphatic rings. The van der Waals surface area contributed by atoms with Gasteiger partial charge in [0.15, 0.2) is 0 Å². The first kappa shape index (κ1) is 21.7. The van der Waals surface area contributed by atoms with Gasteiger partial charge >= 0.3 is 12.1 Å². The Morgan fingerprint density at radius 1 is 1.10 bits per heavy atom. The average Bonchev–Trinajstić information content (AvgIpc) is 3.09. The summed E-state index contributed by atoms with van der Waals surface area (Å²) in [6.07, 6.45) is 6.88. The van der Waals surface area contributed by atoms with Crippen molar-refractivity contribution in [2.45, 2.75) is 18.4 Å². The number of aliphatic carboxylic acids is 1. The summed E-state index contributed by atoms with van der Waals surface area (Å²) in [6.45, 7) is 0.243. The van der Waals surface area contributed by atoms with Gasteiger partial charge in [-0.05, 0) is 22.3 Å². The molecule has 3 rings (SSSR count). The van der Waals surface area contributed by atoms with Crippen molar-refractivity contribution in [1.29, 1.82) is 0 Å². The number of hydrogen-bond donors (Lipinski definition) is 3. The summed E-state index contributed by atoms with van der Waals surface area (Å²) in [4.78, 5) is 34.8. The zero-order chi connectivity index (χ0) is 22.2. The second-order valence-corrected chi connectivity index (χ2v) is 6.92. The van der Waals surface area contributed by atoms with E-state index in [2.05, 4.69) is 28.7 Å². The molecule has 1 unspecified atom stereocenters. The number of carbonyl (C=O) groups is 3. The maximum Gasteiger partial charge on any atom is 0.407 e. The minimum absolute atomic E-state index is 0.0384. The number of rotatable bonds is 8. The van der Waals surface area contributed by atoms with Crippen molar-refractivity contribution in [3.05, 3.63) is 71.8 Å². The summed E-state index contributed by atoms with van der Waals surface area (Å²) in [5.41, 5.74) is 4.53. The second kappa shape index (κ2) is 10.1. The van der Waals surface area contributed by atoms with Crippen molar-refractivity contribution in [2.75, 3.05) is 13.2 Å². The van der Waals surface area contributed by atoms with Gasteiger partial charge in [0.2, 0.25) is 5.91 Å². The van der Waals surface area contributed by atoms with Gasteiger partial charge in [0, 0.05) is 25.0 Å². The molecule has 0 radical (unpaired) electrons. The van der Waals surface area contributed by atoms with Crippen LogP contribution >= 0.6 is 0 Å². The summed E-state index contributed by atoms with van der Waals surface area (Å²) < 4.78 is 5.39. The van der Waals surface area contributed by atoms with E-state index in [4.69, 9.17) is 16.3 Å². The normalized spacial score (nSPS) is 13.0. The van der Waals surface area contributed by atoms with Gasteiger partial charge in [-0.25, -0.2) is 9.59 Å². The number of carboxylic acid groups (broad SMARTS) is 1. The highest BCUT2D eigenvalue weighted by Crippen LogP contribution is 2.44. The van der Waals surface area contributed by atoms with E-state index in [1.165, 1.54) is 6.08 Å². The molecule has 1 aliphatic carbocycles. The zero-order valence-electron chi connectivity index (χ0n) is 16.7. The minimum atomic E-state index is -1.21. The Balaban J connectivity index is 1.48. The molecule has 0 aromatic heterocycles. The fourth-order valence-corrected chi connectivity index (χ4v) is 3.50. The summed E-state index contributed by atoms with van der Waals surface area (Å²) in [7, 11) is 0. The molecule has 7 nitrogen and oxygen atoms in total. The number of amides is 2. The zero-order valence-corrected chi connectivity index (χ0v) is 16.7. The van der Waals surface area contributed by atoms with Crippen LogP contribution in [0.4, 0.5) is 4.79 Å². The number of hydrogen-bond acceptors (Lipinski definition) is 4. The van der Waals surface area contributed by atoms with Crippen LogP contribution in [-0.4, -0.2) is 42.3 Å². The number of carboxylic acids is 1. The van der Waals surface area contributed by atoms with Crippen molar-refractivity contribution < 1.29 is 24.2 Å². The molecule has 1 atom stereocenters. The van der Waals surface area contributed by atoms with Crippen molar-refractivity contribution in [2.24, 2.45) is 0 Å². The van der Waals surface area contributed by atoms with Crippen molar-refractivity contribution in [3.8, 4) is 23.5 Å². The lowest BCUT2D eigenvalue weighted by molar-refractivity contribution is -0.141. The molecule has 2 amide bonds. The second-order valence-electron chi connectivity index (χ2n) is 6.92.